The molecule has 1 N–H and O–H groups in total. The van der Waals surface area contributed by atoms with Gasteiger partial charge in [-0.1, -0.05) is 6.07 Å². The predicted octanol–water partition coefficient (Wildman–Crippen LogP) is 3.38. The van der Waals surface area contributed by atoms with Crippen molar-refractivity contribution in [3.05, 3.63) is 30.0 Å². The fourth-order valence-electron chi connectivity index (χ4n) is 1.87. The van der Waals surface area contributed by atoms with Crippen molar-refractivity contribution >= 4 is 28.3 Å². The van der Waals surface area contributed by atoms with Gasteiger partial charge in [0.05, 0.1) is 12.0 Å². The average Bonchev–Trinajstić information content (AvgIpc) is 2.74. The molecule has 0 spiro atoms. The molecular formula is C13H14ClNO2. The SMILES string of the molecule is CCOc1cccc2[nH]cc(C(=O)CCCl)c12. The number of benzene rings is 1. The quantitative estimate of drug-likeness (QED) is 0.654. The van der Waals surface area contributed by atoms with Gasteiger partial charge in [0.2, 0.25) is 0 Å². The van der Waals surface area contributed by atoms with E-state index in [1.165, 1.54) is 0 Å². The minimum atomic E-state index is 0.0402. The van der Waals surface area contributed by atoms with Crippen molar-refractivity contribution in [2.24, 2.45) is 0 Å². The Morgan fingerprint density at radius 1 is 1.47 bits per heavy atom. The first-order valence-corrected chi connectivity index (χ1v) is 6.13. The maximum Gasteiger partial charge on any atom is 0.166 e. The zero-order valence-electron chi connectivity index (χ0n) is 9.63. The van der Waals surface area contributed by atoms with Gasteiger partial charge in [0.25, 0.3) is 0 Å². The third kappa shape index (κ3) is 2.29. The van der Waals surface area contributed by atoms with Gasteiger partial charge in [-0.25, -0.2) is 0 Å². The van der Waals surface area contributed by atoms with Crippen LogP contribution in [0.15, 0.2) is 24.4 Å². The van der Waals surface area contributed by atoms with Crippen LogP contribution in [0.1, 0.15) is 23.7 Å². The molecule has 1 aromatic heterocycles. The minimum Gasteiger partial charge on any atom is -0.493 e. The van der Waals surface area contributed by atoms with Crippen molar-refractivity contribution in [3.63, 3.8) is 0 Å². The Labute approximate surface area is 105 Å². The van der Waals surface area contributed by atoms with Crippen LogP contribution in [0.3, 0.4) is 0 Å². The lowest BCUT2D eigenvalue weighted by atomic mass is 10.1. The summed E-state index contributed by atoms with van der Waals surface area (Å²) in [4.78, 5) is 15.0. The number of rotatable bonds is 5. The van der Waals surface area contributed by atoms with Crippen LogP contribution in [0.5, 0.6) is 5.75 Å². The molecule has 0 atom stereocenters. The van der Waals surface area contributed by atoms with Crippen molar-refractivity contribution in [1.29, 1.82) is 0 Å². The number of alkyl halides is 1. The summed E-state index contributed by atoms with van der Waals surface area (Å²) in [7, 11) is 0. The van der Waals surface area contributed by atoms with E-state index >= 15 is 0 Å². The molecule has 0 aliphatic rings. The Bertz CT molecular complexity index is 533. The second-order valence-corrected chi connectivity index (χ2v) is 4.05. The van der Waals surface area contributed by atoms with Gasteiger partial charge in [0.15, 0.2) is 5.78 Å². The number of hydrogen-bond acceptors (Lipinski definition) is 2. The highest BCUT2D eigenvalue weighted by Crippen LogP contribution is 2.29. The number of nitrogens with one attached hydrogen (secondary N) is 1. The van der Waals surface area contributed by atoms with E-state index < -0.39 is 0 Å². The summed E-state index contributed by atoms with van der Waals surface area (Å²) in [6, 6.07) is 5.70. The molecule has 0 bridgehead atoms. The van der Waals surface area contributed by atoms with E-state index in [9.17, 15) is 4.79 Å². The summed E-state index contributed by atoms with van der Waals surface area (Å²) in [5.41, 5.74) is 1.57. The normalized spacial score (nSPS) is 10.7. The van der Waals surface area contributed by atoms with Gasteiger partial charge in [-0.15, -0.1) is 11.6 Å². The van der Waals surface area contributed by atoms with Crippen LogP contribution in [0.4, 0.5) is 0 Å². The lowest BCUT2D eigenvalue weighted by Crippen LogP contribution is -2.00. The number of H-pyrrole nitrogens is 1. The Hall–Kier alpha value is -1.48. The first-order chi connectivity index (χ1) is 8.27. The van der Waals surface area contributed by atoms with Crippen LogP contribution in [0.2, 0.25) is 0 Å². The topological polar surface area (TPSA) is 42.1 Å². The summed E-state index contributed by atoms with van der Waals surface area (Å²) in [5.74, 6) is 1.12. The van der Waals surface area contributed by atoms with Crippen LogP contribution in [0.25, 0.3) is 10.9 Å². The number of halogens is 1. The van der Waals surface area contributed by atoms with E-state index in [2.05, 4.69) is 4.98 Å². The molecule has 2 aromatic rings. The maximum atomic E-state index is 11.9. The molecule has 1 aromatic carbocycles. The maximum absolute atomic E-state index is 11.9. The molecule has 0 aliphatic carbocycles. The fraction of sp³-hybridized carbons (Fsp3) is 0.308. The zero-order valence-corrected chi connectivity index (χ0v) is 10.4. The standard InChI is InChI=1S/C13H14ClNO2/c1-2-17-12-5-3-4-10-13(12)9(8-15-10)11(16)6-7-14/h3-5,8,15H,2,6-7H2,1H3. The van der Waals surface area contributed by atoms with Gasteiger partial charge >= 0.3 is 0 Å². The van der Waals surface area contributed by atoms with Gasteiger partial charge in [-0.3, -0.25) is 4.79 Å². The first-order valence-electron chi connectivity index (χ1n) is 5.60. The highest BCUT2D eigenvalue weighted by molar-refractivity contribution is 6.20. The number of hydrogen-bond donors (Lipinski definition) is 1. The van der Waals surface area contributed by atoms with Gasteiger partial charge in [0, 0.05) is 29.6 Å². The molecule has 0 radical (unpaired) electrons. The Kier molecular flexibility index (Phi) is 3.69. The lowest BCUT2D eigenvalue weighted by Gasteiger charge is -2.06. The molecule has 4 heteroatoms. The van der Waals surface area contributed by atoms with Crippen molar-refractivity contribution in [2.75, 3.05) is 12.5 Å². The van der Waals surface area contributed by atoms with Crippen molar-refractivity contribution < 1.29 is 9.53 Å². The number of aromatic nitrogens is 1. The first kappa shape index (κ1) is 12.0. The number of carbonyl (C=O) groups excluding carboxylic acids is 1. The largest absolute Gasteiger partial charge is 0.493 e. The van der Waals surface area contributed by atoms with E-state index in [4.69, 9.17) is 16.3 Å². The third-order valence-electron chi connectivity index (χ3n) is 2.59. The molecular weight excluding hydrogens is 238 g/mol. The summed E-state index contributed by atoms with van der Waals surface area (Å²) >= 11 is 5.60. The third-order valence-corrected chi connectivity index (χ3v) is 2.78. The van der Waals surface area contributed by atoms with E-state index in [-0.39, 0.29) is 5.78 Å². The minimum absolute atomic E-state index is 0.0402. The molecule has 0 unspecified atom stereocenters. The molecule has 0 saturated heterocycles. The summed E-state index contributed by atoms with van der Waals surface area (Å²) in [6.07, 6.45) is 2.07. The summed E-state index contributed by atoms with van der Waals surface area (Å²) in [5, 5.41) is 0.851. The van der Waals surface area contributed by atoms with Gasteiger partial charge in [-0.2, -0.15) is 0 Å². The molecule has 0 fully saturated rings. The van der Waals surface area contributed by atoms with Crippen molar-refractivity contribution in [2.45, 2.75) is 13.3 Å². The molecule has 0 aliphatic heterocycles. The van der Waals surface area contributed by atoms with Gasteiger partial charge in [0.1, 0.15) is 5.75 Å². The second-order valence-electron chi connectivity index (χ2n) is 3.68. The number of Topliss-reactive ketones (excluding diaryl/α,β-unsaturated/α-hetero) is 1. The van der Waals surface area contributed by atoms with E-state index in [1.54, 1.807) is 6.20 Å². The number of ether oxygens (including phenoxy) is 1. The Morgan fingerprint density at radius 2 is 2.29 bits per heavy atom. The fourth-order valence-corrected chi connectivity index (χ4v) is 2.04. The van der Waals surface area contributed by atoms with E-state index in [1.807, 2.05) is 25.1 Å². The average molecular weight is 252 g/mol. The van der Waals surface area contributed by atoms with Gasteiger partial charge in [-0.05, 0) is 19.1 Å². The number of carbonyl (C=O) groups is 1. The zero-order chi connectivity index (χ0) is 12.3. The Balaban J connectivity index is 2.52. The van der Waals surface area contributed by atoms with Crippen LogP contribution >= 0.6 is 11.6 Å². The van der Waals surface area contributed by atoms with E-state index in [0.717, 1.165) is 16.7 Å². The molecule has 0 saturated carbocycles. The molecule has 3 nitrogen and oxygen atoms in total. The molecule has 0 amide bonds. The number of aromatic amines is 1. The smallest absolute Gasteiger partial charge is 0.166 e. The Morgan fingerprint density at radius 3 is 3.00 bits per heavy atom. The monoisotopic (exact) mass is 251 g/mol. The predicted molar refractivity (Wildman–Crippen MR) is 69.1 cm³/mol. The molecule has 17 heavy (non-hydrogen) atoms. The highest BCUT2D eigenvalue weighted by atomic mass is 35.5. The van der Waals surface area contributed by atoms with E-state index in [0.29, 0.717) is 24.5 Å². The molecule has 90 valence electrons. The molecule has 2 rings (SSSR count). The highest BCUT2D eigenvalue weighted by Gasteiger charge is 2.14. The summed E-state index contributed by atoms with van der Waals surface area (Å²) in [6.45, 7) is 2.50. The van der Waals surface area contributed by atoms with Crippen LogP contribution < -0.4 is 4.74 Å². The number of ketones is 1. The van der Waals surface area contributed by atoms with Crippen LogP contribution in [0, 0.1) is 0 Å². The van der Waals surface area contributed by atoms with Crippen LogP contribution in [-0.4, -0.2) is 23.3 Å². The number of fused-ring (bicyclic) bond motifs is 1. The molecule has 1 heterocycles. The van der Waals surface area contributed by atoms with Gasteiger partial charge < -0.3 is 9.72 Å². The van der Waals surface area contributed by atoms with Crippen LogP contribution in [-0.2, 0) is 0 Å². The summed E-state index contributed by atoms with van der Waals surface area (Å²) < 4.78 is 5.54. The van der Waals surface area contributed by atoms with Crippen molar-refractivity contribution in [3.8, 4) is 5.75 Å². The van der Waals surface area contributed by atoms with Crippen molar-refractivity contribution in [1.82, 2.24) is 4.98 Å². The second kappa shape index (κ2) is 5.23. The lowest BCUT2D eigenvalue weighted by molar-refractivity contribution is 0.0990.